The third kappa shape index (κ3) is 3.89. The van der Waals surface area contributed by atoms with Crippen LogP contribution in [-0.4, -0.2) is 54.3 Å². The molecule has 0 aliphatic heterocycles. The zero-order chi connectivity index (χ0) is 14.6. The van der Waals surface area contributed by atoms with Crippen LogP contribution in [0.5, 0.6) is 0 Å². The van der Waals surface area contributed by atoms with Crippen molar-refractivity contribution in [3.63, 3.8) is 0 Å². The van der Waals surface area contributed by atoms with E-state index < -0.39 is 0 Å². The molecule has 0 aliphatic carbocycles. The van der Waals surface area contributed by atoms with Crippen molar-refractivity contribution >= 4 is 29.2 Å². The molecule has 1 rings (SSSR count). The molecule has 19 heavy (non-hydrogen) atoms. The summed E-state index contributed by atoms with van der Waals surface area (Å²) in [6.45, 7) is 5.92. The molecule has 0 saturated heterocycles. The zero-order valence-corrected chi connectivity index (χ0v) is 12.6. The Kier molecular flexibility index (Phi) is 5.23. The van der Waals surface area contributed by atoms with Gasteiger partial charge in [-0.1, -0.05) is 12.7 Å². The summed E-state index contributed by atoms with van der Waals surface area (Å²) in [5.74, 6) is -0.158. The summed E-state index contributed by atoms with van der Waals surface area (Å²) < 4.78 is 0. The molecular weight excluding hydrogens is 262 g/mol. The van der Waals surface area contributed by atoms with E-state index in [0.717, 1.165) is 10.6 Å². The van der Waals surface area contributed by atoms with Gasteiger partial charge in [-0.05, 0) is 6.92 Å². The Bertz CT molecular complexity index is 494. The van der Waals surface area contributed by atoms with Crippen LogP contribution in [0.4, 0.5) is 0 Å². The van der Waals surface area contributed by atoms with Crippen LogP contribution in [0, 0.1) is 6.92 Å². The second-order valence-electron chi connectivity index (χ2n) is 4.44. The molecule has 1 aromatic rings. The standard InChI is InChI=1S/C13H19N3O2S/c1-6-10-9(2)14-12(19-10)13(18)16(5)8-7-11(17)15(3)4/h6H,1,7-8H2,2-5H3. The number of carbonyl (C=O) groups is 2. The van der Waals surface area contributed by atoms with E-state index in [1.165, 1.54) is 21.1 Å². The molecule has 0 aliphatic rings. The second kappa shape index (κ2) is 6.47. The summed E-state index contributed by atoms with van der Waals surface area (Å²) in [4.78, 5) is 31.8. The van der Waals surface area contributed by atoms with Gasteiger partial charge in [-0.25, -0.2) is 4.98 Å². The molecule has 0 bridgehead atoms. The van der Waals surface area contributed by atoms with Crippen LogP contribution in [0.2, 0.25) is 0 Å². The number of hydrogen-bond donors (Lipinski definition) is 0. The van der Waals surface area contributed by atoms with Crippen LogP contribution in [0.3, 0.4) is 0 Å². The third-order valence-electron chi connectivity index (χ3n) is 2.71. The van der Waals surface area contributed by atoms with Crippen molar-refractivity contribution in [2.45, 2.75) is 13.3 Å². The maximum absolute atomic E-state index is 12.1. The lowest BCUT2D eigenvalue weighted by Gasteiger charge is -2.17. The predicted octanol–water partition coefficient (Wildman–Crippen LogP) is 1.64. The number of carbonyl (C=O) groups excluding carboxylic acids is 2. The van der Waals surface area contributed by atoms with E-state index in [1.807, 2.05) is 6.92 Å². The molecule has 6 heteroatoms. The van der Waals surface area contributed by atoms with E-state index in [-0.39, 0.29) is 11.8 Å². The molecule has 0 radical (unpaired) electrons. The van der Waals surface area contributed by atoms with Crippen molar-refractivity contribution < 1.29 is 9.59 Å². The van der Waals surface area contributed by atoms with Crippen LogP contribution in [-0.2, 0) is 4.79 Å². The number of nitrogens with zero attached hydrogens (tertiary/aromatic N) is 3. The summed E-state index contributed by atoms with van der Waals surface area (Å²) in [5, 5.41) is 0.437. The van der Waals surface area contributed by atoms with Gasteiger partial charge in [0.2, 0.25) is 5.91 Å². The van der Waals surface area contributed by atoms with Gasteiger partial charge >= 0.3 is 0 Å². The Morgan fingerprint density at radius 2 is 2.00 bits per heavy atom. The molecule has 0 N–H and O–H groups in total. The Hall–Kier alpha value is -1.69. The molecule has 0 unspecified atom stereocenters. The molecule has 5 nitrogen and oxygen atoms in total. The fraction of sp³-hybridized carbons (Fsp3) is 0.462. The monoisotopic (exact) mass is 281 g/mol. The molecule has 0 saturated carbocycles. The van der Waals surface area contributed by atoms with Gasteiger partial charge in [0.1, 0.15) is 0 Å². The third-order valence-corrected chi connectivity index (χ3v) is 3.85. The van der Waals surface area contributed by atoms with E-state index >= 15 is 0 Å². The summed E-state index contributed by atoms with van der Waals surface area (Å²) >= 11 is 1.32. The first kappa shape index (κ1) is 15.4. The molecular formula is C13H19N3O2S. The van der Waals surface area contributed by atoms with E-state index in [9.17, 15) is 9.59 Å². The highest BCUT2D eigenvalue weighted by atomic mass is 32.1. The van der Waals surface area contributed by atoms with Gasteiger partial charge in [0, 0.05) is 34.1 Å². The van der Waals surface area contributed by atoms with E-state index in [0.29, 0.717) is 18.0 Å². The summed E-state index contributed by atoms with van der Waals surface area (Å²) in [5.41, 5.74) is 0.807. The Morgan fingerprint density at radius 3 is 2.47 bits per heavy atom. The molecule has 0 spiro atoms. The van der Waals surface area contributed by atoms with Crippen LogP contribution < -0.4 is 0 Å². The number of hydrogen-bond acceptors (Lipinski definition) is 4. The lowest BCUT2D eigenvalue weighted by atomic mass is 10.3. The van der Waals surface area contributed by atoms with Crippen molar-refractivity contribution in [1.29, 1.82) is 0 Å². The molecule has 0 fully saturated rings. The predicted molar refractivity (Wildman–Crippen MR) is 77.2 cm³/mol. The summed E-state index contributed by atoms with van der Waals surface area (Å²) in [6.07, 6.45) is 2.01. The average molecular weight is 281 g/mol. The number of aromatic nitrogens is 1. The number of rotatable bonds is 5. The first-order valence-corrected chi connectivity index (χ1v) is 6.74. The first-order chi connectivity index (χ1) is 8.86. The Labute approximate surface area is 117 Å². The topological polar surface area (TPSA) is 53.5 Å². The summed E-state index contributed by atoms with van der Waals surface area (Å²) in [7, 11) is 5.07. The first-order valence-electron chi connectivity index (χ1n) is 5.92. The number of aryl methyl sites for hydroxylation is 1. The highest BCUT2D eigenvalue weighted by Crippen LogP contribution is 2.20. The normalized spacial score (nSPS) is 10.1. The minimum atomic E-state index is -0.159. The van der Waals surface area contributed by atoms with Gasteiger partial charge in [-0.3, -0.25) is 9.59 Å². The average Bonchev–Trinajstić information content (AvgIpc) is 2.75. The van der Waals surface area contributed by atoms with E-state index in [4.69, 9.17) is 0 Å². The maximum Gasteiger partial charge on any atom is 0.282 e. The lowest BCUT2D eigenvalue weighted by molar-refractivity contribution is -0.128. The largest absolute Gasteiger partial charge is 0.349 e. The van der Waals surface area contributed by atoms with Gasteiger partial charge in [0.05, 0.1) is 10.6 Å². The van der Waals surface area contributed by atoms with Crippen molar-refractivity contribution in [1.82, 2.24) is 14.8 Å². The van der Waals surface area contributed by atoms with Crippen LogP contribution in [0.15, 0.2) is 6.58 Å². The lowest BCUT2D eigenvalue weighted by Crippen LogP contribution is -2.32. The SMILES string of the molecule is C=Cc1sc(C(=O)N(C)CCC(=O)N(C)C)nc1C. The molecule has 0 aromatic carbocycles. The van der Waals surface area contributed by atoms with Crippen molar-refractivity contribution in [3.8, 4) is 0 Å². The van der Waals surface area contributed by atoms with Crippen molar-refractivity contribution in [2.75, 3.05) is 27.7 Å². The number of amides is 2. The van der Waals surface area contributed by atoms with Gasteiger partial charge in [0.15, 0.2) is 5.01 Å². The van der Waals surface area contributed by atoms with E-state index in [1.54, 1.807) is 27.2 Å². The van der Waals surface area contributed by atoms with E-state index in [2.05, 4.69) is 11.6 Å². The van der Waals surface area contributed by atoms with Crippen molar-refractivity contribution in [3.05, 3.63) is 22.2 Å². The zero-order valence-electron chi connectivity index (χ0n) is 11.8. The number of thiazole rings is 1. The fourth-order valence-corrected chi connectivity index (χ4v) is 2.35. The highest BCUT2D eigenvalue weighted by molar-refractivity contribution is 7.14. The maximum atomic E-state index is 12.1. The minimum Gasteiger partial charge on any atom is -0.349 e. The van der Waals surface area contributed by atoms with Crippen molar-refractivity contribution in [2.24, 2.45) is 0 Å². The molecule has 0 atom stereocenters. The van der Waals surface area contributed by atoms with Crippen LogP contribution in [0.25, 0.3) is 6.08 Å². The van der Waals surface area contributed by atoms with Gasteiger partial charge in [-0.15, -0.1) is 11.3 Å². The van der Waals surface area contributed by atoms with Crippen LogP contribution in [0.1, 0.15) is 26.8 Å². The smallest absolute Gasteiger partial charge is 0.282 e. The minimum absolute atomic E-state index is 0.00162. The Morgan fingerprint density at radius 1 is 1.37 bits per heavy atom. The molecule has 1 heterocycles. The molecule has 104 valence electrons. The van der Waals surface area contributed by atoms with Gasteiger partial charge in [-0.2, -0.15) is 0 Å². The highest BCUT2D eigenvalue weighted by Gasteiger charge is 2.18. The second-order valence-corrected chi connectivity index (χ2v) is 5.47. The van der Waals surface area contributed by atoms with Crippen LogP contribution >= 0.6 is 11.3 Å². The van der Waals surface area contributed by atoms with Gasteiger partial charge < -0.3 is 9.80 Å². The fourth-order valence-electron chi connectivity index (χ4n) is 1.44. The summed E-state index contributed by atoms with van der Waals surface area (Å²) in [6, 6.07) is 0. The van der Waals surface area contributed by atoms with Gasteiger partial charge in [0.25, 0.3) is 5.91 Å². The quantitative estimate of drug-likeness (QED) is 0.824. The molecule has 1 aromatic heterocycles. The molecule has 2 amide bonds. The Balaban J connectivity index is 2.66.